The zero-order valence-electron chi connectivity index (χ0n) is 16.0. The van der Waals surface area contributed by atoms with E-state index < -0.39 is 18.2 Å². The number of carboxylic acids is 1. The molecule has 0 bridgehead atoms. The maximum atomic E-state index is 12.1. The summed E-state index contributed by atoms with van der Waals surface area (Å²) < 4.78 is 0. The number of carboxylic acid groups (broad SMARTS) is 1. The minimum absolute atomic E-state index is 0.0297. The molecule has 0 aromatic rings. The van der Waals surface area contributed by atoms with Crippen LogP contribution in [0.4, 0.5) is 0 Å². The van der Waals surface area contributed by atoms with E-state index in [-0.39, 0.29) is 36.9 Å². The highest BCUT2D eigenvalue weighted by Crippen LogP contribution is 2.33. The third kappa shape index (κ3) is 9.50. The molecule has 0 heterocycles. The van der Waals surface area contributed by atoms with Crippen LogP contribution in [0.3, 0.4) is 0 Å². The highest BCUT2D eigenvalue weighted by molar-refractivity contribution is 5.84. The molecule has 1 saturated carbocycles. The number of carbonyl (C=O) groups is 2. The van der Waals surface area contributed by atoms with Crippen molar-refractivity contribution in [1.29, 1.82) is 0 Å². The lowest BCUT2D eigenvalue weighted by Crippen LogP contribution is -2.19. The Kier molecular flexibility index (Phi) is 11.3. The highest BCUT2D eigenvalue weighted by atomic mass is 16.4. The fourth-order valence-electron chi connectivity index (χ4n) is 3.10. The molecule has 1 rings (SSSR count). The van der Waals surface area contributed by atoms with Gasteiger partial charge in [-0.15, -0.1) is 0 Å². The van der Waals surface area contributed by atoms with Gasteiger partial charge in [-0.3, -0.25) is 9.59 Å². The number of carbonyl (C=O) groups excluding carboxylic acids is 1. The summed E-state index contributed by atoms with van der Waals surface area (Å²) in [6.07, 6.45) is 17.4. The van der Waals surface area contributed by atoms with E-state index in [2.05, 4.69) is 31.2 Å². The molecule has 0 unspecified atom stereocenters. The number of hydrogen-bond donors (Lipinski definition) is 3. The molecule has 1 aliphatic rings. The normalized spacial score (nSPS) is 24.9. The Hall–Kier alpha value is -1.98. The van der Waals surface area contributed by atoms with Gasteiger partial charge < -0.3 is 15.3 Å². The van der Waals surface area contributed by atoms with Crippen LogP contribution in [0.5, 0.6) is 0 Å². The Morgan fingerprint density at radius 2 is 1.78 bits per heavy atom. The molecule has 0 saturated heterocycles. The third-order valence-corrected chi connectivity index (χ3v) is 4.61. The second-order valence-electron chi connectivity index (χ2n) is 6.84. The monoisotopic (exact) mass is 376 g/mol. The van der Waals surface area contributed by atoms with Crippen LogP contribution in [0.25, 0.3) is 0 Å². The lowest BCUT2D eigenvalue weighted by molar-refractivity contribution is -0.137. The molecule has 0 aromatic heterocycles. The maximum Gasteiger partial charge on any atom is 0.303 e. The van der Waals surface area contributed by atoms with Gasteiger partial charge in [0.2, 0.25) is 0 Å². The first-order valence-corrected chi connectivity index (χ1v) is 9.69. The number of allylic oxidation sites excluding steroid dienone is 6. The van der Waals surface area contributed by atoms with Gasteiger partial charge in [0.05, 0.1) is 12.2 Å². The number of aliphatic hydroxyl groups is 2. The molecule has 0 spiro atoms. The second kappa shape index (κ2) is 13.2. The number of rotatable bonds is 12. The topological polar surface area (TPSA) is 94.8 Å². The Bertz CT molecular complexity index is 573. The molecule has 0 aliphatic heterocycles. The van der Waals surface area contributed by atoms with Gasteiger partial charge in [-0.05, 0) is 32.1 Å². The van der Waals surface area contributed by atoms with Crippen LogP contribution >= 0.6 is 0 Å². The van der Waals surface area contributed by atoms with Gasteiger partial charge in [0.15, 0.2) is 0 Å². The summed E-state index contributed by atoms with van der Waals surface area (Å²) in [6, 6.07) is 0. The average molecular weight is 376 g/mol. The standard InChI is InChI=1S/C22H32O5/c1-2-3-4-5-6-7-8-9-10-11-18-19(21(25)16-20(18)24)14-12-17(23)13-15-22(26)27/h3-4,6-7,9-10,12,14,17-19,21,23,25H,2,5,8,11,13,15-16H2,1H3,(H,26,27)/b4-3-,7-6-,10-9-,14-12+/t17-,18+,19-,21-/m1/s1. The van der Waals surface area contributed by atoms with Gasteiger partial charge in [-0.1, -0.05) is 55.5 Å². The predicted molar refractivity (Wildman–Crippen MR) is 106 cm³/mol. The Balaban J connectivity index is 2.48. The average Bonchev–Trinajstić information content (AvgIpc) is 2.89. The fourth-order valence-corrected chi connectivity index (χ4v) is 3.10. The molecule has 1 fully saturated rings. The van der Waals surface area contributed by atoms with Crippen molar-refractivity contribution in [2.75, 3.05) is 0 Å². The van der Waals surface area contributed by atoms with Crippen LogP contribution in [-0.2, 0) is 9.59 Å². The Morgan fingerprint density at radius 3 is 2.41 bits per heavy atom. The van der Waals surface area contributed by atoms with Crippen molar-refractivity contribution in [1.82, 2.24) is 0 Å². The van der Waals surface area contributed by atoms with Crippen LogP contribution < -0.4 is 0 Å². The van der Waals surface area contributed by atoms with Gasteiger partial charge in [0, 0.05) is 24.7 Å². The lowest BCUT2D eigenvalue weighted by Gasteiger charge is -2.16. The Labute approximate surface area is 161 Å². The fraction of sp³-hybridized carbons (Fsp3) is 0.545. The smallest absolute Gasteiger partial charge is 0.303 e. The van der Waals surface area contributed by atoms with E-state index in [4.69, 9.17) is 5.11 Å². The molecular formula is C22H32O5. The largest absolute Gasteiger partial charge is 0.481 e. The third-order valence-electron chi connectivity index (χ3n) is 4.61. The molecule has 150 valence electrons. The molecule has 5 nitrogen and oxygen atoms in total. The zero-order chi connectivity index (χ0) is 20.1. The van der Waals surface area contributed by atoms with Gasteiger partial charge >= 0.3 is 5.97 Å². The van der Waals surface area contributed by atoms with Crippen molar-refractivity contribution in [3.8, 4) is 0 Å². The van der Waals surface area contributed by atoms with Gasteiger partial charge in [0.1, 0.15) is 5.78 Å². The summed E-state index contributed by atoms with van der Waals surface area (Å²) >= 11 is 0. The SMILES string of the molecule is CC/C=C\C/C=C\C/C=C\C[C@@H]1C(=O)C[C@@H](O)[C@@H]1/C=C/[C@@H](O)CCC(=O)O. The van der Waals surface area contributed by atoms with Crippen molar-refractivity contribution in [2.24, 2.45) is 11.8 Å². The van der Waals surface area contributed by atoms with Crippen molar-refractivity contribution in [2.45, 2.75) is 64.1 Å². The van der Waals surface area contributed by atoms with E-state index in [0.717, 1.165) is 19.3 Å². The number of Topliss-reactive ketones (excluding diaryl/α,β-unsaturated/α-hetero) is 1. The van der Waals surface area contributed by atoms with E-state index in [1.807, 2.05) is 12.2 Å². The molecule has 5 heteroatoms. The van der Waals surface area contributed by atoms with Crippen LogP contribution in [0.2, 0.25) is 0 Å². The van der Waals surface area contributed by atoms with Crippen LogP contribution in [0.1, 0.15) is 51.9 Å². The van der Waals surface area contributed by atoms with E-state index in [1.54, 1.807) is 6.08 Å². The second-order valence-corrected chi connectivity index (χ2v) is 6.84. The van der Waals surface area contributed by atoms with E-state index in [1.165, 1.54) is 6.08 Å². The van der Waals surface area contributed by atoms with Crippen LogP contribution in [-0.4, -0.2) is 39.3 Å². The van der Waals surface area contributed by atoms with Gasteiger partial charge in [-0.2, -0.15) is 0 Å². The predicted octanol–water partition coefficient (Wildman–Crippen LogP) is 3.58. The van der Waals surface area contributed by atoms with Crippen LogP contribution in [0.15, 0.2) is 48.6 Å². The molecule has 4 atom stereocenters. The number of aliphatic carboxylic acids is 1. The summed E-state index contributed by atoms with van der Waals surface area (Å²) in [5.74, 6) is -1.56. The summed E-state index contributed by atoms with van der Waals surface area (Å²) in [6.45, 7) is 2.10. The molecule has 27 heavy (non-hydrogen) atoms. The van der Waals surface area contributed by atoms with Crippen LogP contribution in [0, 0.1) is 11.8 Å². The molecule has 0 amide bonds. The number of aliphatic hydroxyl groups excluding tert-OH is 2. The quantitative estimate of drug-likeness (QED) is 0.453. The summed E-state index contributed by atoms with van der Waals surface area (Å²) in [7, 11) is 0. The summed E-state index contributed by atoms with van der Waals surface area (Å²) in [5.41, 5.74) is 0. The lowest BCUT2D eigenvalue weighted by atomic mass is 9.90. The summed E-state index contributed by atoms with van der Waals surface area (Å²) in [5, 5.41) is 28.6. The Morgan fingerprint density at radius 1 is 1.15 bits per heavy atom. The number of ketones is 1. The van der Waals surface area contributed by atoms with Crippen molar-refractivity contribution >= 4 is 11.8 Å². The summed E-state index contributed by atoms with van der Waals surface area (Å²) in [4.78, 5) is 22.7. The van der Waals surface area contributed by atoms with Crippen molar-refractivity contribution < 1.29 is 24.9 Å². The minimum Gasteiger partial charge on any atom is -0.481 e. The minimum atomic E-state index is -0.961. The first-order valence-electron chi connectivity index (χ1n) is 9.69. The van der Waals surface area contributed by atoms with Crippen molar-refractivity contribution in [3.05, 3.63) is 48.6 Å². The molecule has 3 N–H and O–H groups in total. The first-order chi connectivity index (χ1) is 13.0. The number of hydrogen-bond acceptors (Lipinski definition) is 4. The zero-order valence-corrected chi connectivity index (χ0v) is 16.0. The molecule has 1 aliphatic carbocycles. The van der Waals surface area contributed by atoms with Gasteiger partial charge in [-0.25, -0.2) is 0 Å². The first kappa shape index (κ1) is 23.1. The maximum absolute atomic E-state index is 12.1. The van der Waals surface area contributed by atoms with E-state index in [9.17, 15) is 19.8 Å². The van der Waals surface area contributed by atoms with Gasteiger partial charge in [0.25, 0.3) is 0 Å². The molecule has 0 aromatic carbocycles. The molecular weight excluding hydrogens is 344 g/mol. The van der Waals surface area contributed by atoms with E-state index >= 15 is 0 Å². The van der Waals surface area contributed by atoms with E-state index in [0.29, 0.717) is 6.42 Å². The molecule has 0 radical (unpaired) electrons. The van der Waals surface area contributed by atoms with Crippen molar-refractivity contribution in [3.63, 3.8) is 0 Å². The highest BCUT2D eigenvalue weighted by Gasteiger charge is 2.39.